The number of aldehydes is 1. The standard InChI is InChI=1S/C11H22N2O3/c1-11(2,3)16-10(15)13-7-5-6-9(8-14)12-4/h8-9,12H,5-7H2,1-4H3,(H,13,15). The quantitative estimate of drug-likeness (QED) is 0.529. The number of ether oxygens (including phenoxy) is 1. The first kappa shape index (κ1) is 14.9. The zero-order valence-electron chi connectivity index (χ0n) is 10.5. The normalized spacial score (nSPS) is 13.0. The van der Waals surface area contributed by atoms with Crippen LogP contribution >= 0.6 is 0 Å². The summed E-state index contributed by atoms with van der Waals surface area (Å²) in [5.74, 6) is 0. The molecule has 0 bridgehead atoms. The number of carbonyl (C=O) groups is 2. The zero-order valence-corrected chi connectivity index (χ0v) is 10.5. The van der Waals surface area contributed by atoms with Crippen molar-refractivity contribution in [2.75, 3.05) is 13.6 Å². The summed E-state index contributed by atoms with van der Waals surface area (Å²) in [6.45, 7) is 5.96. The molecule has 0 aliphatic carbocycles. The van der Waals surface area contributed by atoms with Gasteiger partial charge in [-0.2, -0.15) is 0 Å². The average molecular weight is 230 g/mol. The van der Waals surface area contributed by atoms with E-state index in [2.05, 4.69) is 10.6 Å². The van der Waals surface area contributed by atoms with E-state index in [1.807, 2.05) is 20.8 Å². The number of nitrogens with one attached hydrogen (secondary N) is 2. The van der Waals surface area contributed by atoms with Gasteiger partial charge in [-0.25, -0.2) is 4.79 Å². The van der Waals surface area contributed by atoms with E-state index in [0.717, 1.165) is 12.7 Å². The van der Waals surface area contributed by atoms with E-state index in [1.54, 1.807) is 7.05 Å². The van der Waals surface area contributed by atoms with E-state index in [9.17, 15) is 9.59 Å². The van der Waals surface area contributed by atoms with Crippen molar-refractivity contribution >= 4 is 12.4 Å². The molecule has 0 aromatic rings. The molecule has 0 aromatic heterocycles. The van der Waals surface area contributed by atoms with Crippen LogP contribution in [0.4, 0.5) is 4.79 Å². The fraction of sp³-hybridized carbons (Fsp3) is 0.818. The molecule has 0 aromatic carbocycles. The summed E-state index contributed by atoms with van der Waals surface area (Å²) in [4.78, 5) is 21.7. The van der Waals surface area contributed by atoms with Crippen LogP contribution in [0.2, 0.25) is 0 Å². The molecule has 0 saturated heterocycles. The van der Waals surface area contributed by atoms with Crippen LogP contribution in [-0.2, 0) is 9.53 Å². The summed E-state index contributed by atoms with van der Waals surface area (Å²) in [6, 6.07) is -0.138. The first-order valence-electron chi connectivity index (χ1n) is 5.48. The number of rotatable bonds is 6. The summed E-state index contributed by atoms with van der Waals surface area (Å²) >= 11 is 0. The molecule has 2 N–H and O–H groups in total. The molecule has 1 unspecified atom stereocenters. The van der Waals surface area contributed by atoms with E-state index >= 15 is 0 Å². The molecular weight excluding hydrogens is 208 g/mol. The van der Waals surface area contributed by atoms with Crippen molar-refractivity contribution < 1.29 is 14.3 Å². The lowest BCUT2D eigenvalue weighted by Crippen LogP contribution is -2.34. The monoisotopic (exact) mass is 230 g/mol. The first-order chi connectivity index (χ1) is 7.39. The Morgan fingerprint density at radius 1 is 1.44 bits per heavy atom. The van der Waals surface area contributed by atoms with Crippen LogP contribution in [0.25, 0.3) is 0 Å². The molecular formula is C11H22N2O3. The third-order valence-corrected chi connectivity index (χ3v) is 1.90. The Morgan fingerprint density at radius 2 is 2.06 bits per heavy atom. The minimum Gasteiger partial charge on any atom is -0.444 e. The van der Waals surface area contributed by atoms with Crippen molar-refractivity contribution in [2.24, 2.45) is 0 Å². The lowest BCUT2D eigenvalue weighted by atomic mass is 10.2. The van der Waals surface area contributed by atoms with Gasteiger partial charge in [-0.05, 0) is 40.7 Å². The van der Waals surface area contributed by atoms with Crippen LogP contribution < -0.4 is 10.6 Å². The highest BCUT2D eigenvalue weighted by Crippen LogP contribution is 2.06. The highest BCUT2D eigenvalue weighted by molar-refractivity contribution is 5.67. The van der Waals surface area contributed by atoms with E-state index in [1.165, 1.54) is 0 Å². The van der Waals surface area contributed by atoms with Gasteiger partial charge in [-0.3, -0.25) is 0 Å². The predicted molar refractivity (Wildman–Crippen MR) is 62.4 cm³/mol. The number of hydrogen-bond donors (Lipinski definition) is 2. The van der Waals surface area contributed by atoms with Crippen LogP contribution in [0.5, 0.6) is 0 Å². The minimum absolute atomic E-state index is 0.138. The van der Waals surface area contributed by atoms with Crippen molar-refractivity contribution in [2.45, 2.75) is 45.3 Å². The van der Waals surface area contributed by atoms with Crippen molar-refractivity contribution in [1.29, 1.82) is 0 Å². The number of hydrogen-bond acceptors (Lipinski definition) is 4. The maximum atomic E-state index is 11.2. The highest BCUT2D eigenvalue weighted by atomic mass is 16.6. The molecule has 0 radical (unpaired) electrons. The third kappa shape index (κ3) is 8.23. The Balaban J connectivity index is 3.59. The maximum absolute atomic E-state index is 11.2. The Labute approximate surface area is 96.9 Å². The van der Waals surface area contributed by atoms with Crippen molar-refractivity contribution in [3.63, 3.8) is 0 Å². The van der Waals surface area contributed by atoms with Gasteiger partial charge in [0, 0.05) is 6.54 Å². The summed E-state index contributed by atoms with van der Waals surface area (Å²) in [6.07, 6.45) is 1.90. The molecule has 5 heteroatoms. The molecule has 1 amide bonds. The van der Waals surface area contributed by atoms with Gasteiger partial charge in [-0.1, -0.05) is 0 Å². The highest BCUT2D eigenvalue weighted by Gasteiger charge is 2.15. The summed E-state index contributed by atoms with van der Waals surface area (Å²) in [5.41, 5.74) is -0.472. The third-order valence-electron chi connectivity index (χ3n) is 1.90. The van der Waals surface area contributed by atoms with Crippen LogP contribution in [0.15, 0.2) is 0 Å². The number of alkyl carbamates (subject to hydrolysis) is 1. The zero-order chi connectivity index (χ0) is 12.6. The second-order valence-corrected chi connectivity index (χ2v) is 4.60. The molecule has 0 spiro atoms. The molecule has 1 atom stereocenters. The molecule has 0 aliphatic heterocycles. The first-order valence-corrected chi connectivity index (χ1v) is 5.48. The number of amides is 1. The van der Waals surface area contributed by atoms with Crippen LogP contribution in [0.3, 0.4) is 0 Å². The smallest absolute Gasteiger partial charge is 0.407 e. The SMILES string of the molecule is CNC(C=O)CCCNC(=O)OC(C)(C)C. The largest absolute Gasteiger partial charge is 0.444 e. The Morgan fingerprint density at radius 3 is 2.50 bits per heavy atom. The Kier molecular flexibility index (Phi) is 6.72. The van der Waals surface area contributed by atoms with Gasteiger partial charge >= 0.3 is 6.09 Å². The van der Waals surface area contributed by atoms with Crippen molar-refractivity contribution in [1.82, 2.24) is 10.6 Å². The number of carbonyl (C=O) groups excluding carboxylic acids is 2. The lowest BCUT2D eigenvalue weighted by molar-refractivity contribution is -0.109. The van der Waals surface area contributed by atoms with Crippen LogP contribution in [-0.4, -0.2) is 37.6 Å². The van der Waals surface area contributed by atoms with Gasteiger partial charge in [0.25, 0.3) is 0 Å². The van der Waals surface area contributed by atoms with Crippen molar-refractivity contribution in [3.8, 4) is 0 Å². The molecule has 0 rings (SSSR count). The number of likely N-dealkylation sites (N-methyl/N-ethyl adjacent to an activating group) is 1. The van der Waals surface area contributed by atoms with Gasteiger partial charge in [0.1, 0.15) is 11.9 Å². The van der Waals surface area contributed by atoms with Gasteiger partial charge < -0.3 is 20.2 Å². The van der Waals surface area contributed by atoms with Gasteiger partial charge in [0.05, 0.1) is 6.04 Å². The second kappa shape index (κ2) is 7.22. The van der Waals surface area contributed by atoms with Crippen molar-refractivity contribution in [3.05, 3.63) is 0 Å². The summed E-state index contributed by atoms with van der Waals surface area (Å²) in [5, 5.41) is 5.50. The predicted octanol–water partition coefficient (Wildman–Crippen LogP) is 1.08. The Hall–Kier alpha value is -1.10. The summed E-state index contributed by atoms with van der Waals surface area (Å²) < 4.78 is 5.06. The van der Waals surface area contributed by atoms with Crippen LogP contribution in [0, 0.1) is 0 Å². The molecule has 94 valence electrons. The van der Waals surface area contributed by atoms with Gasteiger partial charge in [0.15, 0.2) is 0 Å². The molecule has 0 fully saturated rings. The van der Waals surface area contributed by atoms with E-state index in [-0.39, 0.29) is 6.04 Å². The maximum Gasteiger partial charge on any atom is 0.407 e. The lowest BCUT2D eigenvalue weighted by Gasteiger charge is -2.19. The van der Waals surface area contributed by atoms with Gasteiger partial charge in [0.2, 0.25) is 0 Å². The summed E-state index contributed by atoms with van der Waals surface area (Å²) in [7, 11) is 1.74. The van der Waals surface area contributed by atoms with E-state index in [0.29, 0.717) is 13.0 Å². The average Bonchev–Trinajstić information content (AvgIpc) is 2.15. The Bertz CT molecular complexity index is 224. The van der Waals surface area contributed by atoms with Gasteiger partial charge in [-0.15, -0.1) is 0 Å². The fourth-order valence-electron chi connectivity index (χ4n) is 1.11. The van der Waals surface area contributed by atoms with E-state index < -0.39 is 11.7 Å². The topological polar surface area (TPSA) is 67.4 Å². The van der Waals surface area contributed by atoms with E-state index in [4.69, 9.17) is 4.74 Å². The molecule has 0 aliphatic rings. The molecule has 16 heavy (non-hydrogen) atoms. The fourth-order valence-corrected chi connectivity index (χ4v) is 1.11. The second-order valence-electron chi connectivity index (χ2n) is 4.60. The minimum atomic E-state index is -0.472. The van der Waals surface area contributed by atoms with Crippen LogP contribution in [0.1, 0.15) is 33.6 Å². The molecule has 5 nitrogen and oxygen atoms in total. The molecule has 0 saturated carbocycles. The molecule has 0 heterocycles.